The summed E-state index contributed by atoms with van der Waals surface area (Å²) in [6.07, 6.45) is -4.67. The first kappa shape index (κ1) is 20.5. The molecular weight excluding hydrogens is 391 g/mol. The summed E-state index contributed by atoms with van der Waals surface area (Å²) in [5.74, 6) is -0.569. The maximum Gasteiger partial charge on any atom is 0.417 e. The van der Waals surface area contributed by atoms with Crippen molar-refractivity contribution in [1.29, 1.82) is 0 Å². The number of anilines is 2. The van der Waals surface area contributed by atoms with Gasteiger partial charge in [-0.3, -0.25) is 14.9 Å². The number of hydrogen-bond donors (Lipinski definition) is 1. The molecule has 0 saturated carbocycles. The molecule has 0 bridgehead atoms. The monoisotopic (exact) mass is 405 g/mol. The summed E-state index contributed by atoms with van der Waals surface area (Å²) in [4.78, 5) is 24.1. The van der Waals surface area contributed by atoms with Gasteiger partial charge < -0.3 is 10.2 Å². The largest absolute Gasteiger partial charge is 0.417 e. The highest BCUT2D eigenvalue weighted by Gasteiger charge is 2.33. The summed E-state index contributed by atoms with van der Waals surface area (Å²) in [7, 11) is 2.92. The minimum atomic E-state index is -4.67. The number of nitrogens with one attached hydrogen (secondary N) is 1. The second-order valence-corrected chi connectivity index (χ2v) is 6.14. The Morgan fingerprint density at radius 3 is 2.63 bits per heavy atom. The van der Waals surface area contributed by atoms with E-state index in [9.17, 15) is 28.1 Å². The number of rotatable bonds is 5. The first-order chi connectivity index (χ1) is 12.4. The number of benzene rings is 1. The Labute approximate surface area is 156 Å². The SMILES string of the molecule is Cc1nn(C)c(N(C)CC(=O)Nc2ccc(Cl)c(C(F)(F)F)c2)c1[N+](=O)[O-]. The third kappa shape index (κ3) is 4.48. The molecule has 1 heterocycles. The molecule has 0 unspecified atom stereocenters. The van der Waals surface area contributed by atoms with Crippen LogP contribution < -0.4 is 10.2 Å². The normalized spacial score (nSPS) is 11.4. The quantitative estimate of drug-likeness (QED) is 0.608. The summed E-state index contributed by atoms with van der Waals surface area (Å²) < 4.78 is 39.9. The standard InChI is InChI=1S/C15H15ClF3N5O3/c1-8-13(24(26)27)14(23(3)21-8)22(2)7-12(25)20-9-4-5-11(16)10(6-9)15(17,18)19/h4-6H,7H2,1-3H3,(H,20,25). The van der Waals surface area contributed by atoms with Gasteiger partial charge in [0.05, 0.1) is 22.1 Å². The van der Waals surface area contributed by atoms with E-state index in [4.69, 9.17) is 11.6 Å². The number of amides is 1. The van der Waals surface area contributed by atoms with Gasteiger partial charge in [-0.1, -0.05) is 11.6 Å². The van der Waals surface area contributed by atoms with Gasteiger partial charge in [0.15, 0.2) is 0 Å². The molecule has 27 heavy (non-hydrogen) atoms. The molecule has 0 fully saturated rings. The molecule has 0 aliphatic heterocycles. The number of likely N-dealkylation sites (N-methyl/N-ethyl adjacent to an activating group) is 1. The molecule has 0 saturated heterocycles. The number of nitro groups is 1. The molecular formula is C15H15ClF3N5O3. The molecule has 12 heteroatoms. The fraction of sp³-hybridized carbons (Fsp3) is 0.333. The fourth-order valence-electron chi connectivity index (χ4n) is 2.59. The zero-order valence-electron chi connectivity index (χ0n) is 14.5. The van der Waals surface area contributed by atoms with Crippen LogP contribution in [0.1, 0.15) is 11.3 Å². The number of hydrogen-bond acceptors (Lipinski definition) is 5. The van der Waals surface area contributed by atoms with Crippen molar-refractivity contribution in [3.63, 3.8) is 0 Å². The van der Waals surface area contributed by atoms with E-state index in [1.165, 1.54) is 36.7 Å². The van der Waals surface area contributed by atoms with Gasteiger partial charge >= 0.3 is 11.9 Å². The predicted molar refractivity (Wildman–Crippen MR) is 93.0 cm³/mol. The van der Waals surface area contributed by atoms with Crippen LogP contribution in [0.25, 0.3) is 0 Å². The van der Waals surface area contributed by atoms with E-state index in [2.05, 4.69) is 10.4 Å². The van der Waals surface area contributed by atoms with Crippen molar-refractivity contribution in [2.24, 2.45) is 7.05 Å². The number of carbonyl (C=O) groups is 1. The van der Waals surface area contributed by atoms with Gasteiger partial charge in [0.25, 0.3) is 0 Å². The Kier molecular flexibility index (Phi) is 5.64. The Hall–Kier alpha value is -2.82. The predicted octanol–water partition coefficient (Wildman–Crippen LogP) is 3.38. The van der Waals surface area contributed by atoms with Crippen LogP contribution in [0.3, 0.4) is 0 Å². The molecule has 0 aliphatic rings. The highest BCUT2D eigenvalue weighted by Crippen LogP contribution is 2.36. The average molecular weight is 406 g/mol. The van der Waals surface area contributed by atoms with E-state index in [0.717, 1.165) is 12.1 Å². The number of aryl methyl sites for hydroxylation is 2. The van der Waals surface area contributed by atoms with Crippen LogP contribution in [0.2, 0.25) is 5.02 Å². The fourth-order valence-corrected chi connectivity index (χ4v) is 2.81. The van der Waals surface area contributed by atoms with Crippen molar-refractivity contribution >= 4 is 34.7 Å². The summed E-state index contributed by atoms with van der Waals surface area (Å²) in [5.41, 5.74) is -1.25. The van der Waals surface area contributed by atoms with Crippen LogP contribution in [0.15, 0.2) is 18.2 Å². The Balaban J connectivity index is 2.19. The third-order valence-corrected chi connectivity index (χ3v) is 3.97. The summed E-state index contributed by atoms with van der Waals surface area (Å²) in [6.45, 7) is 1.12. The van der Waals surface area contributed by atoms with Crippen molar-refractivity contribution in [2.75, 3.05) is 23.8 Å². The van der Waals surface area contributed by atoms with Crippen LogP contribution in [-0.4, -0.2) is 34.2 Å². The second kappa shape index (κ2) is 7.43. The van der Waals surface area contributed by atoms with Gasteiger partial charge in [-0.05, 0) is 25.1 Å². The maximum absolute atomic E-state index is 12.9. The minimum Gasteiger partial charge on any atom is -0.345 e. The summed E-state index contributed by atoms with van der Waals surface area (Å²) in [5, 5.41) is 17.0. The number of aromatic nitrogens is 2. The molecule has 0 spiro atoms. The van der Waals surface area contributed by atoms with Crippen molar-refractivity contribution in [2.45, 2.75) is 13.1 Å². The Morgan fingerprint density at radius 1 is 1.44 bits per heavy atom. The second-order valence-electron chi connectivity index (χ2n) is 5.73. The lowest BCUT2D eigenvalue weighted by molar-refractivity contribution is -0.384. The van der Waals surface area contributed by atoms with Crippen LogP contribution in [0.5, 0.6) is 0 Å². The Morgan fingerprint density at radius 2 is 2.07 bits per heavy atom. The molecule has 0 atom stereocenters. The number of alkyl halides is 3. The van der Waals surface area contributed by atoms with E-state index in [1.54, 1.807) is 0 Å². The highest BCUT2D eigenvalue weighted by molar-refractivity contribution is 6.31. The van der Waals surface area contributed by atoms with Crippen LogP contribution >= 0.6 is 11.6 Å². The lowest BCUT2D eigenvalue weighted by Gasteiger charge is -2.18. The Bertz CT molecular complexity index is 898. The van der Waals surface area contributed by atoms with E-state index >= 15 is 0 Å². The van der Waals surface area contributed by atoms with Gasteiger partial charge in [0.1, 0.15) is 5.69 Å². The van der Waals surface area contributed by atoms with Gasteiger partial charge in [-0.2, -0.15) is 18.3 Å². The molecule has 146 valence electrons. The number of halogens is 4. The average Bonchev–Trinajstić information content (AvgIpc) is 2.82. The molecule has 1 amide bonds. The van der Waals surface area contributed by atoms with Gasteiger partial charge in [0.2, 0.25) is 11.7 Å². The van der Waals surface area contributed by atoms with Crippen molar-refractivity contribution in [1.82, 2.24) is 9.78 Å². The smallest absolute Gasteiger partial charge is 0.345 e. The van der Waals surface area contributed by atoms with E-state index < -0.39 is 27.6 Å². The van der Waals surface area contributed by atoms with Crippen molar-refractivity contribution in [3.8, 4) is 0 Å². The highest BCUT2D eigenvalue weighted by atomic mass is 35.5. The molecule has 2 rings (SSSR count). The lowest BCUT2D eigenvalue weighted by Crippen LogP contribution is -2.31. The zero-order valence-corrected chi connectivity index (χ0v) is 15.2. The first-order valence-corrected chi connectivity index (χ1v) is 7.85. The zero-order chi connectivity index (χ0) is 20.5. The minimum absolute atomic E-state index is 0.0965. The van der Waals surface area contributed by atoms with Crippen molar-refractivity contribution in [3.05, 3.63) is 44.6 Å². The summed E-state index contributed by atoms with van der Waals surface area (Å²) in [6, 6.07) is 2.97. The van der Waals surface area contributed by atoms with Crippen LogP contribution in [0, 0.1) is 17.0 Å². The molecule has 8 nitrogen and oxygen atoms in total. The van der Waals surface area contributed by atoms with Gasteiger partial charge in [0, 0.05) is 19.8 Å². The molecule has 1 N–H and O–H groups in total. The van der Waals surface area contributed by atoms with Gasteiger partial charge in [-0.15, -0.1) is 0 Å². The topological polar surface area (TPSA) is 93.3 Å². The van der Waals surface area contributed by atoms with Crippen LogP contribution in [-0.2, 0) is 18.0 Å². The van der Waals surface area contributed by atoms with Gasteiger partial charge in [-0.25, -0.2) is 4.68 Å². The maximum atomic E-state index is 12.9. The third-order valence-electron chi connectivity index (χ3n) is 3.64. The molecule has 1 aromatic heterocycles. The molecule has 1 aromatic carbocycles. The van der Waals surface area contributed by atoms with Crippen LogP contribution in [0.4, 0.5) is 30.4 Å². The molecule has 0 radical (unpaired) electrons. The van der Waals surface area contributed by atoms with E-state index in [0.29, 0.717) is 0 Å². The number of carbonyl (C=O) groups excluding carboxylic acids is 1. The van der Waals surface area contributed by atoms with Crippen molar-refractivity contribution < 1.29 is 22.9 Å². The van der Waals surface area contributed by atoms with E-state index in [-0.39, 0.29) is 29.4 Å². The number of nitrogens with zero attached hydrogens (tertiary/aromatic N) is 4. The molecule has 0 aliphatic carbocycles. The van der Waals surface area contributed by atoms with E-state index in [1.807, 2.05) is 0 Å². The lowest BCUT2D eigenvalue weighted by atomic mass is 10.2. The summed E-state index contributed by atoms with van der Waals surface area (Å²) >= 11 is 5.53. The first-order valence-electron chi connectivity index (χ1n) is 7.47. The molecule has 2 aromatic rings.